The summed E-state index contributed by atoms with van der Waals surface area (Å²) in [5.74, 6) is 0. The van der Waals surface area contributed by atoms with Crippen molar-refractivity contribution < 1.29 is 4.92 Å². The Morgan fingerprint density at radius 3 is 2.31 bits per heavy atom. The van der Waals surface area contributed by atoms with Gasteiger partial charge in [-0.3, -0.25) is 10.1 Å². The average molecular weight is 286 g/mol. The summed E-state index contributed by atoms with van der Waals surface area (Å²) < 4.78 is 0. The van der Waals surface area contributed by atoms with Crippen molar-refractivity contribution in [1.82, 2.24) is 0 Å². The van der Waals surface area contributed by atoms with E-state index in [-0.39, 0.29) is 20.9 Å². The second-order valence-corrected chi connectivity index (χ2v) is 6.24. The molecule has 1 atom stereocenters. The molecule has 0 bridgehead atoms. The summed E-state index contributed by atoms with van der Waals surface area (Å²) in [6.07, 6.45) is 0. The second-order valence-electron chi connectivity index (χ2n) is 4.87. The lowest BCUT2D eigenvalue weighted by Gasteiger charge is -2.20. The third kappa shape index (κ3) is 2.61. The molecule has 0 amide bonds. The molecule has 0 aromatic heterocycles. The van der Waals surface area contributed by atoms with E-state index in [1.165, 1.54) is 0 Å². The standard InChI is InChI=1S/C12H16BrNO2/c1-8(13)9-6-5-7-10(12(2,3)4)11(9)14(15)16/h5-8H,1-4H3. The van der Waals surface area contributed by atoms with Gasteiger partial charge in [-0.2, -0.15) is 0 Å². The third-order valence-corrected chi connectivity index (χ3v) is 2.98. The van der Waals surface area contributed by atoms with Gasteiger partial charge in [0.1, 0.15) is 0 Å². The fraction of sp³-hybridized carbons (Fsp3) is 0.500. The zero-order valence-corrected chi connectivity index (χ0v) is 11.5. The van der Waals surface area contributed by atoms with Gasteiger partial charge in [0, 0.05) is 16.0 Å². The molecule has 0 saturated carbocycles. The van der Waals surface area contributed by atoms with E-state index in [1.54, 1.807) is 6.07 Å². The van der Waals surface area contributed by atoms with Crippen LogP contribution in [0.4, 0.5) is 5.69 Å². The van der Waals surface area contributed by atoms with E-state index in [9.17, 15) is 10.1 Å². The first-order chi connectivity index (χ1) is 7.25. The third-order valence-electron chi connectivity index (χ3n) is 2.49. The van der Waals surface area contributed by atoms with E-state index in [4.69, 9.17) is 0 Å². The lowest BCUT2D eigenvalue weighted by Crippen LogP contribution is -2.15. The topological polar surface area (TPSA) is 43.1 Å². The number of alkyl halides is 1. The first kappa shape index (κ1) is 13.2. The number of nitrogens with zero attached hydrogens (tertiary/aromatic N) is 1. The summed E-state index contributed by atoms with van der Waals surface area (Å²) in [5.41, 5.74) is 1.53. The van der Waals surface area contributed by atoms with Crippen LogP contribution in [-0.4, -0.2) is 4.92 Å². The fourth-order valence-corrected chi connectivity index (χ4v) is 2.06. The van der Waals surface area contributed by atoms with Crippen molar-refractivity contribution in [2.75, 3.05) is 0 Å². The van der Waals surface area contributed by atoms with Crippen LogP contribution in [0.1, 0.15) is 43.6 Å². The Labute approximate surface area is 104 Å². The number of hydrogen-bond acceptors (Lipinski definition) is 2. The second kappa shape index (κ2) is 4.53. The molecule has 0 aliphatic rings. The molecule has 1 unspecified atom stereocenters. The van der Waals surface area contributed by atoms with Gasteiger partial charge in [-0.15, -0.1) is 0 Å². The molecule has 3 nitrogen and oxygen atoms in total. The molecule has 1 aromatic rings. The molecule has 1 aromatic carbocycles. The number of halogens is 1. The maximum Gasteiger partial charge on any atom is 0.277 e. The molecular weight excluding hydrogens is 270 g/mol. The van der Waals surface area contributed by atoms with Crippen LogP contribution in [0, 0.1) is 10.1 Å². The minimum atomic E-state index is -0.284. The van der Waals surface area contributed by atoms with Gasteiger partial charge in [0.05, 0.1) is 4.92 Å². The van der Waals surface area contributed by atoms with Crippen molar-refractivity contribution in [2.24, 2.45) is 0 Å². The average Bonchev–Trinajstić information content (AvgIpc) is 2.14. The van der Waals surface area contributed by atoms with Gasteiger partial charge in [-0.05, 0) is 12.3 Å². The number of benzene rings is 1. The molecule has 4 heteroatoms. The Kier molecular flexibility index (Phi) is 3.73. The molecule has 16 heavy (non-hydrogen) atoms. The van der Waals surface area contributed by atoms with Gasteiger partial charge >= 0.3 is 0 Å². The summed E-state index contributed by atoms with van der Waals surface area (Å²) >= 11 is 3.40. The first-order valence-corrected chi connectivity index (χ1v) is 6.08. The van der Waals surface area contributed by atoms with Gasteiger partial charge in [-0.25, -0.2) is 0 Å². The van der Waals surface area contributed by atoms with Crippen LogP contribution in [0.15, 0.2) is 18.2 Å². The molecule has 0 N–H and O–H groups in total. The van der Waals surface area contributed by atoms with Crippen molar-refractivity contribution in [3.8, 4) is 0 Å². The highest BCUT2D eigenvalue weighted by Crippen LogP contribution is 2.38. The highest BCUT2D eigenvalue weighted by atomic mass is 79.9. The van der Waals surface area contributed by atoms with Gasteiger partial charge in [0.25, 0.3) is 5.69 Å². The van der Waals surface area contributed by atoms with E-state index in [0.717, 1.165) is 11.1 Å². The van der Waals surface area contributed by atoms with Crippen molar-refractivity contribution in [2.45, 2.75) is 37.9 Å². The van der Waals surface area contributed by atoms with E-state index in [0.29, 0.717) is 0 Å². The van der Waals surface area contributed by atoms with Gasteiger partial charge < -0.3 is 0 Å². The van der Waals surface area contributed by atoms with E-state index < -0.39 is 0 Å². The molecular formula is C12H16BrNO2. The van der Waals surface area contributed by atoms with Gasteiger partial charge in [-0.1, -0.05) is 54.9 Å². The van der Waals surface area contributed by atoms with E-state index in [2.05, 4.69) is 15.9 Å². The van der Waals surface area contributed by atoms with Crippen LogP contribution >= 0.6 is 15.9 Å². The minimum Gasteiger partial charge on any atom is -0.258 e. The quantitative estimate of drug-likeness (QED) is 0.461. The number of nitro benzene ring substituents is 1. The fourth-order valence-electron chi connectivity index (χ4n) is 1.69. The monoisotopic (exact) mass is 285 g/mol. The highest BCUT2D eigenvalue weighted by molar-refractivity contribution is 9.09. The molecule has 0 radical (unpaired) electrons. The highest BCUT2D eigenvalue weighted by Gasteiger charge is 2.28. The smallest absolute Gasteiger partial charge is 0.258 e. The molecule has 1 rings (SSSR count). The van der Waals surface area contributed by atoms with E-state index in [1.807, 2.05) is 39.8 Å². The predicted octanol–water partition coefficient (Wildman–Crippen LogP) is 4.35. The Hall–Kier alpha value is -0.900. The summed E-state index contributed by atoms with van der Waals surface area (Å²) in [5, 5.41) is 11.2. The van der Waals surface area contributed by atoms with Crippen LogP contribution < -0.4 is 0 Å². The van der Waals surface area contributed by atoms with Crippen molar-refractivity contribution in [1.29, 1.82) is 0 Å². The molecule has 0 heterocycles. The van der Waals surface area contributed by atoms with Crippen molar-refractivity contribution >= 4 is 21.6 Å². The van der Waals surface area contributed by atoms with Crippen molar-refractivity contribution in [3.63, 3.8) is 0 Å². The summed E-state index contributed by atoms with van der Waals surface area (Å²) in [6.45, 7) is 7.85. The van der Waals surface area contributed by atoms with Crippen LogP contribution in [0.5, 0.6) is 0 Å². The van der Waals surface area contributed by atoms with Crippen LogP contribution in [0.2, 0.25) is 0 Å². The van der Waals surface area contributed by atoms with Crippen LogP contribution in [0.25, 0.3) is 0 Å². The Balaban J connectivity index is 3.52. The summed E-state index contributed by atoms with van der Waals surface area (Å²) in [7, 11) is 0. The summed E-state index contributed by atoms with van der Waals surface area (Å²) in [6, 6.07) is 5.50. The Morgan fingerprint density at radius 1 is 1.38 bits per heavy atom. The predicted molar refractivity (Wildman–Crippen MR) is 69.1 cm³/mol. The number of para-hydroxylation sites is 1. The first-order valence-electron chi connectivity index (χ1n) is 5.17. The van der Waals surface area contributed by atoms with Gasteiger partial charge in [0.2, 0.25) is 0 Å². The molecule has 0 fully saturated rings. The SMILES string of the molecule is CC(Br)c1cccc(C(C)(C)C)c1[N+](=O)[O-]. The number of hydrogen-bond donors (Lipinski definition) is 0. The minimum absolute atomic E-state index is 0.0183. The molecule has 0 aliphatic carbocycles. The molecule has 88 valence electrons. The molecule has 0 saturated heterocycles. The van der Waals surface area contributed by atoms with Crippen molar-refractivity contribution in [3.05, 3.63) is 39.4 Å². The molecule has 0 aliphatic heterocycles. The molecule has 0 spiro atoms. The van der Waals surface area contributed by atoms with Crippen LogP contribution in [0.3, 0.4) is 0 Å². The lowest BCUT2D eigenvalue weighted by molar-refractivity contribution is -0.386. The van der Waals surface area contributed by atoms with Gasteiger partial charge in [0.15, 0.2) is 0 Å². The summed E-state index contributed by atoms with van der Waals surface area (Å²) in [4.78, 5) is 10.9. The largest absolute Gasteiger partial charge is 0.277 e. The van der Waals surface area contributed by atoms with E-state index >= 15 is 0 Å². The maximum absolute atomic E-state index is 11.2. The lowest BCUT2D eigenvalue weighted by atomic mass is 9.84. The number of rotatable bonds is 2. The zero-order chi connectivity index (χ0) is 12.5. The zero-order valence-electron chi connectivity index (χ0n) is 9.95. The number of nitro groups is 1. The normalized spacial score (nSPS) is 13.6. The Morgan fingerprint density at radius 2 is 1.94 bits per heavy atom. The maximum atomic E-state index is 11.2. The van der Waals surface area contributed by atoms with Crippen LogP contribution in [-0.2, 0) is 5.41 Å². The Bertz CT molecular complexity index is 408.